The van der Waals surface area contributed by atoms with Gasteiger partial charge in [0.05, 0.1) is 13.0 Å². The lowest BCUT2D eigenvalue weighted by Crippen LogP contribution is -2.27. The molecule has 0 saturated carbocycles. The van der Waals surface area contributed by atoms with E-state index in [-0.39, 0.29) is 11.9 Å². The Balaban J connectivity index is 2.64. The second kappa shape index (κ2) is 5.02. The minimum Gasteiger partial charge on any atom is -0.469 e. The van der Waals surface area contributed by atoms with Crippen molar-refractivity contribution in [2.75, 3.05) is 13.7 Å². The van der Waals surface area contributed by atoms with E-state index in [0.717, 1.165) is 12.8 Å². The Morgan fingerprint density at radius 3 is 2.92 bits per heavy atom. The highest BCUT2D eigenvalue weighted by molar-refractivity contribution is 5.76. The highest BCUT2D eigenvalue weighted by Crippen LogP contribution is 2.24. The zero-order valence-electron chi connectivity index (χ0n) is 8.08. The summed E-state index contributed by atoms with van der Waals surface area (Å²) in [5.41, 5.74) is 6.71. The Morgan fingerprint density at radius 1 is 1.69 bits per heavy atom. The van der Waals surface area contributed by atoms with Crippen molar-refractivity contribution in [1.29, 1.82) is 0 Å². The zero-order valence-corrected chi connectivity index (χ0v) is 8.08. The summed E-state index contributed by atoms with van der Waals surface area (Å²) >= 11 is 0. The van der Waals surface area contributed by atoms with Crippen LogP contribution in [0.15, 0.2) is 11.6 Å². The summed E-state index contributed by atoms with van der Waals surface area (Å²) in [7, 11) is 1.41. The molecule has 1 aliphatic carbocycles. The summed E-state index contributed by atoms with van der Waals surface area (Å²) in [6, 6.07) is 0. The van der Waals surface area contributed by atoms with Gasteiger partial charge in [-0.15, -0.1) is 0 Å². The molecule has 0 fully saturated rings. The largest absolute Gasteiger partial charge is 0.469 e. The van der Waals surface area contributed by atoms with Crippen LogP contribution in [-0.2, 0) is 9.53 Å². The van der Waals surface area contributed by atoms with Crippen molar-refractivity contribution in [3.63, 3.8) is 0 Å². The SMILES string of the molecule is COC(=O)C(CN)C1=CCCCC1. The molecule has 3 nitrogen and oxygen atoms in total. The maximum Gasteiger partial charge on any atom is 0.314 e. The number of ether oxygens (including phenoxy) is 1. The number of esters is 1. The summed E-state index contributed by atoms with van der Waals surface area (Å²) in [5.74, 6) is -0.402. The van der Waals surface area contributed by atoms with Crippen LogP contribution < -0.4 is 5.73 Å². The molecule has 0 spiro atoms. The minimum absolute atomic E-state index is 0.198. The van der Waals surface area contributed by atoms with Gasteiger partial charge in [0.25, 0.3) is 0 Å². The standard InChI is InChI=1S/C10H17NO2/c1-13-10(12)9(7-11)8-5-3-2-4-6-8/h5,9H,2-4,6-7,11H2,1H3. The number of methoxy groups -OCH3 is 1. The molecule has 2 N–H and O–H groups in total. The topological polar surface area (TPSA) is 52.3 Å². The van der Waals surface area contributed by atoms with E-state index in [4.69, 9.17) is 10.5 Å². The van der Waals surface area contributed by atoms with Gasteiger partial charge in [-0.05, 0) is 25.7 Å². The molecule has 0 saturated heterocycles. The van der Waals surface area contributed by atoms with E-state index < -0.39 is 0 Å². The lowest BCUT2D eigenvalue weighted by Gasteiger charge is -2.19. The third-order valence-electron chi connectivity index (χ3n) is 2.50. The Labute approximate surface area is 78.9 Å². The van der Waals surface area contributed by atoms with Crippen molar-refractivity contribution in [3.05, 3.63) is 11.6 Å². The van der Waals surface area contributed by atoms with Gasteiger partial charge in [0.15, 0.2) is 0 Å². The van der Waals surface area contributed by atoms with Crippen LogP contribution in [0.3, 0.4) is 0 Å². The zero-order chi connectivity index (χ0) is 9.68. The molecule has 1 aliphatic rings. The predicted molar refractivity (Wildman–Crippen MR) is 51.1 cm³/mol. The first-order valence-corrected chi connectivity index (χ1v) is 4.76. The molecule has 0 aromatic carbocycles. The van der Waals surface area contributed by atoms with Gasteiger partial charge in [-0.2, -0.15) is 0 Å². The molecule has 1 rings (SSSR count). The molecule has 0 amide bonds. The smallest absolute Gasteiger partial charge is 0.314 e. The van der Waals surface area contributed by atoms with Gasteiger partial charge in [-0.3, -0.25) is 4.79 Å². The van der Waals surface area contributed by atoms with E-state index in [1.54, 1.807) is 0 Å². The second-order valence-corrected chi connectivity index (χ2v) is 3.34. The monoisotopic (exact) mass is 183 g/mol. The van der Waals surface area contributed by atoms with Gasteiger partial charge in [-0.25, -0.2) is 0 Å². The number of rotatable bonds is 3. The van der Waals surface area contributed by atoms with Crippen LogP contribution in [-0.4, -0.2) is 19.6 Å². The van der Waals surface area contributed by atoms with Gasteiger partial charge in [-0.1, -0.05) is 11.6 Å². The van der Waals surface area contributed by atoms with Crippen molar-refractivity contribution >= 4 is 5.97 Å². The number of carbonyl (C=O) groups excluding carboxylic acids is 1. The fourth-order valence-electron chi connectivity index (χ4n) is 1.72. The lowest BCUT2D eigenvalue weighted by atomic mass is 9.89. The first-order chi connectivity index (χ1) is 6.29. The molecule has 1 unspecified atom stereocenters. The third-order valence-corrected chi connectivity index (χ3v) is 2.50. The van der Waals surface area contributed by atoms with Crippen molar-refractivity contribution < 1.29 is 9.53 Å². The van der Waals surface area contributed by atoms with Gasteiger partial charge in [0.2, 0.25) is 0 Å². The first-order valence-electron chi connectivity index (χ1n) is 4.76. The van der Waals surface area contributed by atoms with Crippen LogP contribution in [0.2, 0.25) is 0 Å². The summed E-state index contributed by atoms with van der Waals surface area (Å²) < 4.78 is 4.70. The average molecular weight is 183 g/mol. The maximum atomic E-state index is 11.3. The maximum absolute atomic E-state index is 11.3. The summed E-state index contributed by atoms with van der Waals surface area (Å²) in [4.78, 5) is 11.3. The Kier molecular flexibility index (Phi) is 3.96. The molecule has 0 aromatic heterocycles. The Bertz CT molecular complexity index is 211. The van der Waals surface area contributed by atoms with Crippen molar-refractivity contribution in [2.24, 2.45) is 11.7 Å². The first kappa shape index (κ1) is 10.3. The number of hydrogen-bond acceptors (Lipinski definition) is 3. The van der Waals surface area contributed by atoms with E-state index in [9.17, 15) is 4.79 Å². The Hall–Kier alpha value is -0.830. The van der Waals surface area contributed by atoms with Crippen molar-refractivity contribution in [3.8, 4) is 0 Å². The van der Waals surface area contributed by atoms with E-state index in [1.165, 1.54) is 25.5 Å². The summed E-state index contributed by atoms with van der Waals surface area (Å²) in [5, 5.41) is 0. The quantitative estimate of drug-likeness (QED) is 0.529. The molecule has 0 aromatic rings. The minimum atomic E-state index is -0.203. The van der Waals surface area contributed by atoms with E-state index in [2.05, 4.69) is 6.08 Å². The third kappa shape index (κ3) is 2.56. The second-order valence-electron chi connectivity index (χ2n) is 3.34. The molecular weight excluding hydrogens is 166 g/mol. The Morgan fingerprint density at radius 2 is 2.46 bits per heavy atom. The predicted octanol–water partition coefficient (Wildman–Crippen LogP) is 1.23. The molecule has 13 heavy (non-hydrogen) atoms. The van der Waals surface area contributed by atoms with Gasteiger partial charge in [0.1, 0.15) is 0 Å². The number of hydrogen-bond donors (Lipinski definition) is 1. The van der Waals surface area contributed by atoms with E-state index in [0.29, 0.717) is 6.54 Å². The van der Waals surface area contributed by atoms with Crippen LogP contribution in [0.5, 0.6) is 0 Å². The van der Waals surface area contributed by atoms with Crippen LogP contribution in [0.25, 0.3) is 0 Å². The van der Waals surface area contributed by atoms with Gasteiger partial charge < -0.3 is 10.5 Å². The van der Waals surface area contributed by atoms with Crippen LogP contribution in [0.1, 0.15) is 25.7 Å². The van der Waals surface area contributed by atoms with Crippen molar-refractivity contribution in [1.82, 2.24) is 0 Å². The summed E-state index contributed by atoms with van der Waals surface area (Å²) in [6.07, 6.45) is 6.60. The van der Waals surface area contributed by atoms with E-state index in [1.807, 2.05) is 0 Å². The highest BCUT2D eigenvalue weighted by Gasteiger charge is 2.22. The molecular formula is C10H17NO2. The number of nitrogens with two attached hydrogens (primary N) is 1. The summed E-state index contributed by atoms with van der Waals surface area (Å²) in [6.45, 7) is 0.360. The van der Waals surface area contributed by atoms with Gasteiger partial charge >= 0.3 is 5.97 Å². The number of carbonyl (C=O) groups is 1. The highest BCUT2D eigenvalue weighted by atomic mass is 16.5. The molecule has 1 atom stereocenters. The fourth-order valence-corrected chi connectivity index (χ4v) is 1.72. The normalized spacial score (nSPS) is 19.1. The van der Waals surface area contributed by atoms with Crippen LogP contribution in [0.4, 0.5) is 0 Å². The van der Waals surface area contributed by atoms with E-state index >= 15 is 0 Å². The van der Waals surface area contributed by atoms with Crippen LogP contribution >= 0.6 is 0 Å². The lowest BCUT2D eigenvalue weighted by molar-refractivity contribution is -0.143. The van der Waals surface area contributed by atoms with Gasteiger partial charge in [0, 0.05) is 6.54 Å². The average Bonchev–Trinajstić information content (AvgIpc) is 2.20. The molecule has 0 bridgehead atoms. The molecule has 0 radical (unpaired) electrons. The number of allylic oxidation sites excluding steroid dienone is 1. The molecule has 74 valence electrons. The van der Waals surface area contributed by atoms with Crippen LogP contribution in [0, 0.1) is 5.92 Å². The molecule has 0 heterocycles. The molecule has 0 aliphatic heterocycles. The van der Waals surface area contributed by atoms with Crippen molar-refractivity contribution in [2.45, 2.75) is 25.7 Å². The molecule has 3 heteroatoms. The fraction of sp³-hybridized carbons (Fsp3) is 0.700.